The van der Waals surface area contributed by atoms with Gasteiger partial charge in [0, 0.05) is 17.3 Å². The minimum Gasteiger partial charge on any atom is -0.298 e. The second-order valence-electron chi connectivity index (χ2n) is 3.20. The van der Waals surface area contributed by atoms with E-state index in [1.807, 2.05) is 6.07 Å². The molecule has 0 saturated carbocycles. The van der Waals surface area contributed by atoms with Crippen LogP contribution < -0.4 is 0 Å². The lowest BCUT2D eigenvalue weighted by molar-refractivity contribution is 0.112. The molecule has 0 unspecified atom stereocenters. The summed E-state index contributed by atoms with van der Waals surface area (Å²) in [6.07, 6.45) is 2.25. The third kappa shape index (κ3) is 2.08. The number of aldehydes is 1. The van der Waals surface area contributed by atoms with Gasteiger partial charge in [-0.05, 0) is 18.2 Å². The monoisotopic (exact) mass is 251 g/mol. The van der Waals surface area contributed by atoms with E-state index >= 15 is 0 Å². The van der Waals surface area contributed by atoms with Crippen LogP contribution in [0, 0.1) is 0 Å². The van der Waals surface area contributed by atoms with Crippen molar-refractivity contribution < 1.29 is 4.79 Å². The van der Waals surface area contributed by atoms with E-state index in [0.29, 0.717) is 21.3 Å². The molecular formula is C12H7Cl2NO. The van der Waals surface area contributed by atoms with Gasteiger partial charge in [-0.2, -0.15) is 0 Å². The Morgan fingerprint density at radius 3 is 2.56 bits per heavy atom. The van der Waals surface area contributed by atoms with E-state index in [-0.39, 0.29) is 0 Å². The van der Waals surface area contributed by atoms with Gasteiger partial charge in [0.05, 0.1) is 15.7 Å². The van der Waals surface area contributed by atoms with Gasteiger partial charge in [0.1, 0.15) is 0 Å². The number of hydrogen-bond acceptors (Lipinski definition) is 2. The number of pyridine rings is 1. The molecule has 1 aromatic carbocycles. The summed E-state index contributed by atoms with van der Waals surface area (Å²) in [7, 11) is 0. The molecule has 0 spiro atoms. The van der Waals surface area contributed by atoms with E-state index in [1.54, 1.807) is 24.3 Å². The number of nitrogens with zero attached hydrogens (tertiary/aromatic N) is 1. The van der Waals surface area contributed by atoms with E-state index in [1.165, 1.54) is 6.20 Å². The smallest absolute Gasteiger partial charge is 0.151 e. The Hall–Kier alpha value is -1.38. The van der Waals surface area contributed by atoms with Gasteiger partial charge in [-0.3, -0.25) is 9.78 Å². The fourth-order valence-corrected chi connectivity index (χ4v) is 1.73. The molecule has 0 aliphatic rings. The molecule has 1 aromatic heterocycles. The maximum atomic E-state index is 10.5. The molecule has 0 aliphatic heterocycles. The first kappa shape index (κ1) is 11.1. The van der Waals surface area contributed by atoms with Crippen molar-refractivity contribution in [2.24, 2.45) is 0 Å². The molecule has 2 nitrogen and oxygen atoms in total. The van der Waals surface area contributed by atoms with Crippen LogP contribution in [-0.4, -0.2) is 11.3 Å². The summed E-state index contributed by atoms with van der Waals surface area (Å²) < 4.78 is 0. The summed E-state index contributed by atoms with van der Waals surface area (Å²) in [6, 6.07) is 8.77. The van der Waals surface area contributed by atoms with Crippen LogP contribution >= 0.6 is 23.2 Å². The maximum absolute atomic E-state index is 10.5. The van der Waals surface area contributed by atoms with Crippen molar-refractivity contribution in [3.63, 3.8) is 0 Å². The zero-order chi connectivity index (χ0) is 11.5. The molecule has 0 bridgehead atoms. The van der Waals surface area contributed by atoms with Gasteiger partial charge in [-0.25, -0.2) is 0 Å². The van der Waals surface area contributed by atoms with Crippen molar-refractivity contribution in [1.82, 2.24) is 4.98 Å². The first-order valence-electron chi connectivity index (χ1n) is 4.58. The molecule has 80 valence electrons. The van der Waals surface area contributed by atoms with Gasteiger partial charge in [0.15, 0.2) is 6.29 Å². The number of hydrogen-bond donors (Lipinski definition) is 0. The van der Waals surface area contributed by atoms with Crippen molar-refractivity contribution in [3.05, 3.63) is 52.1 Å². The summed E-state index contributed by atoms with van der Waals surface area (Å²) in [4.78, 5) is 14.6. The summed E-state index contributed by atoms with van der Waals surface area (Å²) >= 11 is 12.0. The first-order chi connectivity index (χ1) is 7.72. The van der Waals surface area contributed by atoms with E-state index in [4.69, 9.17) is 23.2 Å². The molecule has 0 fully saturated rings. The topological polar surface area (TPSA) is 30.0 Å². The summed E-state index contributed by atoms with van der Waals surface area (Å²) in [6.45, 7) is 0. The van der Waals surface area contributed by atoms with Gasteiger partial charge in [-0.1, -0.05) is 35.3 Å². The number of carbonyl (C=O) groups is 1. The quantitative estimate of drug-likeness (QED) is 0.759. The van der Waals surface area contributed by atoms with Crippen LogP contribution in [0.15, 0.2) is 36.5 Å². The Morgan fingerprint density at radius 1 is 1.12 bits per heavy atom. The molecule has 1 heterocycles. The largest absolute Gasteiger partial charge is 0.298 e. The summed E-state index contributed by atoms with van der Waals surface area (Å²) in [5.41, 5.74) is 1.98. The van der Waals surface area contributed by atoms with Crippen molar-refractivity contribution in [3.8, 4) is 11.3 Å². The van der Waals surface area contributed by atoms with Crippen LogP contribution in [0.4, 0.5) is 0 Å². The summed E-state index contributed by atoms with van der Waals surface area (Å²) in [5.74, 6) is 0. The average molecular weight is 252 g/mol. The molecule has 0 N–H and O–H groups in total. The molecule has 0 saturated heterocycles. The van der Waals surface area contributed by atoms with Crippen LogP contribution in [0.5, 0.6) is 0 Å². The van der Waals surface area contributed by atoms with Gasteiger partial charge >= 0.3 is 0 Å². The standard InChI is InChI=1S/C12H7Cl2NO/c13-10-3-1-2-9(12(10)14)11-5-4-8(7-16)6-15-11/h1-7H. The van der Waals surface area contributed by atoms with Crippen molar-refractivity contribution in [2.75, 3.05) is 0 Å². The van der Waals surface area contributed by atoms with Crippen molar-refractivity contribution in [2.45, 2.75) is 0 Å². The molecular weight excluding hydrogens is 245 g/mol. The second kappa shape index (κ2) is 4.64. The molecule has 0 aliphatic carbocycles. The van der Waals surface area contributed by atoms with Gasteiger partial charge in [0.2, 0.25) is 0 Å². The minimum absolute atomic E-state index is 0.468. The van der Waals surface area contributed by atoms with Crippen molar-refractivity contribution in [1.29, 1.82) is 0 Å². The molecule has 0 atom stereocenters. The Bertz CT molecular complexity index is 523. The van der Waals surface area contributed by atoms with E-state index in [2.05, 4.69) is 4.98 Å². The number of benzene rings is 1. The highest BCUT2D eigenvalue weighted by Crippen LogP contribution is 2.32. The number of halogens is 2. The SMILES string of the molecule is O=Cc1ccc(-c2cccc(Cl)c2Cl)nc1. The molecule has 0 amide bonds. The molecule has 2 aromatic rings. The van der Waals surface area contributed by atoms with Gasteiger partial charge < -0.3 is 0 Å². The highest BCUT2D eigenvalue weighted by atomic mass is 35.5. The Balaban J connectivity index is 2.50. The number of carbonyl (C=O) groups excluding carboxylic acids is 1. The second-order valence-corrected chi connectivity index (χ2v) is 3.98. The highest BCUT2D eigenvalue weighted by Gasteiger charge is 2.07. The highest BCUT2D eigenvalue weighted by molar-refractivity contribution is 6.43. The maximum Gasteiger partial charge on any atom is 0.151 e. The van der Waals surface area contributed by atoms with Crippen LogP contribution in [-0.2, 0) is 0 Å². The van der Waals surface area contributed by atoms with Gasteiger partial charge in [0.25, 0.3) is 0 Å². The first-order valence-corrected chi connectivity index (χ1v) is 5.33. The molecule has 4 heteroatoms. The van der Waals surface area contributed by atoms with Crippen LogP contribution in [0.2, 0.25) is 10.0 Å². The molecule has 16 heavy (non-hydrogen) atoms. The normalized spacial score (nSPS) is 10.1. The van der Waals surface area contributed by atoms with Crippen LogP contribution in [0.25, 0.3) is 11.3 Å². The Labute approximate surface area is 103 Å². The minimum atomic E-state index is 0.468. The average Bonchev–Trinajstić information content (AvgIpc) is 2.33. The third-order valence-corrected chi connectivity index (χ3v) is 2.97. The molecule has 0 radical (unpaired) electrons. The number of aromatic nitrogens is 1. The fourth-order valence-electron chi connectivity index (χ4n) is 1.34. The lowest BCUT2D eigenvalue weighted by atomic mass is 10.1. The lowest BCUT2D eigenvalue weighted by Gasteiger charge is -2.04. The van der Waals surface area contributed by atoms with E-state index in [0.717, 1.165) is 11.8 Å². The van der Waals surface area contributed by atoms with E-state index < -0.39 is 0 Å². The Kier molecular flexibility index (Phi) is 3.22. The van der Waals surface area contributed by atoms with E-state index in [9.17, 15) is 4.79 Å². The fraction of sp³-hybridized carbons (Fsp3) is 0. The van der Waals surface area contributed by atoms with Crippen LogP contribution in [0.1, 0.15) is 10.4 Å². The zero-order valence-corrected chi connectivity index (χ0v) is 9.66. The van der Waals surface area contributed by atoms with Crippen LogP contribution in [0.3, 0.4) is 0 Å². The van der Waals surface area contributed by atoms with Crippen molar-refractivity contribution >= 4 is 29.5 Å². The lowest BCUT2D eigenvalue weighted by Crippen LogP contribution is -1.87. The predicted octanol–water partition coefficient (Wildman–Crippen LogP) is 3.87. The zero-order valence-electron chi connectivity index (χ0n) is 8.15. The summed E-state index contributed by atoms with van der Waals surface area (Å²) in [5, 5.41) is 0.955. The number of rotatable bonds is 2. The van der Waals surface area contributed by atoms with Gasteiger partial charge in [-0.15, -0.1) is 0 Å². The molecule has 2 rings (SSSR count). The Morgan fingerprint density at radius 2 is 1.94 bits per heavy atom. The predicted molar refractivity (Wildman–Crippen MR) is 65.1 cm³/mol. The third-order valence-electron chi connectivity index (χ3n) is 2.15.